The van der Waals surface area contributed by atoms with E-state index in [-0.39, 0.29) is 11.9 Å². The van der Waals surface area contributed by atoms with Crippen molar-refractivity contribution in [2.24, 2.45) is 4.99 Å². The number of halogens is 3. The Morgan fingerprint density at radius 3 is 2.48 bits per heavy atom. The minimum Gasteiger partial charge on any atom is -0.493 e. The Morgan fingerprint density at radius 1 is 1.03 bits per heavy atom. The van der Waals surface area contributed by atoms with Gasteiger partial charge in [-0.25, -0.2) is 4.98 Å². The van der Waals surface area contributed by atoms with Crippen LogP contribution in [-0.2, 0) is 6.18 Å². The summed E-state index contributed by atoms with van der Waals surface area (Å²) in [6.45, 7) is 3.88. The highest BCUT2D eigenvalue weighted by Crippen LogP contribution is 2.33. The number of aromatic nitrogens is 1. The molecule has 0 unspecified atom stereocenters. The van der Waals surface area contributed by atoms with Gasteiger partial charge in [0, 0.05) is 18.0 Å². The number of methoxy groups -OCH3 is 1. The predicted octanol–water partition coefficient (Wildman–Crippen LogP) is 7.06. The lowest BCUT2D eigenvalue weighted by atomic mass is 10.1. The van der Waals surface area contributed by atoms with Crippen molar-refractivity contribution >= 4 is 29.5 Å². The lowest BCUT2D eigenvalue weighted by Gasteiger charge is -2.15. The highest BCUT2D eigenvalue weighted by molar-refractivity contribution is 5.84. The maximum atomic E-state index is 12.7. The first-order valence-corrected chi connectivity index (χ1v) is 10.2. The highest BCUT2D eigenvalue weighted by atomic mass is 19.4. The molecule has 33 heavy (non-hydrogen) atoms. The van der Waals surface area contributed by atoms with Gasteiger partial charge in [-0.15, -0.1) is 0 Å². The number of nitrogens with one attached hydrogen (secondary N) is 1. The molecule has 1 heterocycles. The van der Waals surface area contributed by atoms with E-state index in [1.54, 1.807) is 37.6 Å². The number of rotatable bonds is 8. The number of ether oxygens (including phenoxy) is 2. The molecule has 5 nitrogen and oxygen atoms in total. The van der Waals surface area contributed by atoms with Crippen LogP contribution in [0.5, 0.6) is 11.5 Å². The molecule has 0 spiro atoms. The first-order chi connectivity index (χ1) is 15.8. The number of aliphatic imine (C=N–C) groups is 1. The van der Waals surface area contributed by atoms with Gasteiger partial charge in [0.25, 0.3) is 0 Å². The second kappa shape index (κ2) is 10.7. The van der Waals surface area contributed by atoms with Crippen molar-refractivity contribution in [3.8, 4) is 11.5 Å². The number of hydrogen-bond acceptors (Lipinski definition) is 5. The van der Waals surface area contributed by atoms with Crippen LogP contribution in [0.2, 0.25) is 0 Å². The minimum atomic E-state index is -4.43. The molecule has 2 aromatic carbocycles. The number of para-hydroxylation sites is 3. The molecule has 0 aliphatic carbocycles. The van der Waals surface area contributed by atoms with E-state index in [2.05, 4.69) is 15.3 Å². The molecule has 0 aliphatic heterocycles. The number of alkyl halides is 3. The van der Waals surface area contributed by atoms with E-state index in [0.29, 0.717) is 22.9 Å². The number of pyridine rings is 1. The Morgan fingerprint density at radius 2 is 1.82 bits per heavy atom. The van der Waals surface area contributed by atoms with Gasteiger partial charge >= 0.3 is 6.18 Å². The van der Waals surface area contributed by atoms with Crippen LogP contribution < -0.4 is 14.8 Å². The van der Waals surface area contributed by atoms with Crippen molar-refractivity contribution in [2.45, 2.75) is 26.1 Å². The third-order valence-electron chi connectivity index (χ3n) is 4.42. The Hall–Kier alpha value is -3.81. The molecule has 0 saturated heterocycles. The molecule has 1 aromatic heterocycles. The number of hydrogen-bond donors (Lipinski definition) is 1. The minimum absolute atomic E-state index is 0.0149. The summed E-state index contributed by atoms with van der Waals surface area (Å²) in [5.41, 5.74) is 1.26. The standard InChI is InChI=1S/C25H24F3N3O2/c1-17(2)33-24-18(8-6-12-22(24)32-3)9-7-15-29-20-10-4-5-11-21(20)31-23-14-13-19(16-30-23)25(26,27)28/h4-17H,1-3H3,(H,30,31)/b9-7+,29-15?. The van der Waals surface area contributed by atoms with Crippen molar-refractivity contribution in [3.63, 3.8) is 0 Å². The SMILES string of the molecule is COc1cccc(/C=C/C=Nc2ccccc2Nc2ccc(C(F)(F)F)cn2)c1OC(C)C. The van der Waals surface area contributed by atoms with Crippen LogP contribution in [0.1, 0.15) is 25.0 Å². The largest absolute Gasteiger partial charge is 0.493 e. The van der Waals surface area contributed by atoms with E-state index >= 15 is 0 Å². The van der Waals surface area contributed by atoms with E-state index in [0.717, 1.165) is 17.8 Å². The fourth-order valence-electron chi connectivity index (χ4n) is 2.92. The van der Waals surface area contributed by atoms with Crippen LogP contribution in [0.25, 0.3) is 6.08 Å². The second-order valence-electron chi connectivity index (χ2n) is 7.25. The van der Waals surface area contributed by atoms with Gasteiger partial charge in [0.15, 0.2) is 11.5 Å². The van der Waals surface area contributed by atoms with Crippen molar-refractivity contribution in [3.05, 3.63) is 78.0 Å². The maximum Gasteiger partial charge on any atom is 0.417 e. The Balaban J connectivity index is 1.76. The van der Waals surface area contributed by atoms with Gasteiger partial charge < -0.3 is 14.8 Å². The average Bonchev–Trinajstić information content (AvgIpc) is 2.78. The number of allylic oxidation sites excluding steroid dienone is 1. The van der Waals surface area contributed by atoms with Gasteiger partial charge in [-0.3, -0.25) is 4.99 Å². The molecule has 3 aromatic rings. The first-order valence-electron chi connectivity index (χ1n) is 10.2. The molecule has 1 N–H and O–H groups in total. The van der Waals surface area contributed by atoms with Gasteiger partial charge in [0.2, 0.25) is 0 Å². The fraction of sp³-hybridized carbons (Fsp3) is 0.200. The normalized spacial score (nSPS) is 12.0. The average molecular weight is 455 g/mol. The molecule has 3 rings (SSSR count). The zero-order valence-electron chi connectivity index (χ0n) is 18.4. The third kappa shape index (κ3) is 6.58. The molecule has 0 fully saturated rings. The molecule has 0 bridgehead atoms. The second-order valence-corrected chi connectivity index (χ2v) is 7.25. The van der Waals surface area contributed by atoms with Gasteiger partial charge in [-0.2, -0.15) is 13.2 Å². The summed E-state index contributed by atoms with van der Waals surface area (Å²) in [5.74, 6) is 1.57. The first kappa shape index (κ1) is 23.8. The van der Waals surface area contributed by atoms with E-state index in [4.69, 9.17) is 9.47 Å². The van der Waals surface area contributed by atoms with E-state index in [1.165, 1.54) is 6.07 Å². The lowest BCUT2D eigenvalue weighted by Crippen LogP contribution is -2.07. The molecule has 0 amide bonds. The molecule has 0 aliphatic rings. The van der Waals surface area contributed by atoms with Crippen molar-refractivity contribution in [1.29, 1.82) is 0 Å². The summed E-state index contributed by atoms with van der Waals surface area (Å²) in [6.07, 6.45) is 1.61. The van der Waals surface area contributed by atoms with E-state index in [1.807, 2.05) is 44.2 Å². The quantitative estimate of drug-likeness (QED) is 0.370. The van der Waals surface area contributed by atoms with Crippen molar-refractivity contribution < 1.29 is 22.6 Å². The fourth-order valence-corrected chi connectivity index (χ4v) is 2.92. The molecule has 8 heteroatoms. The van der Waals surface area contributed by atoms with E-state index in [9.17, 15) is 13.2 Å². The molecule has 0 saturated carbocycles. The van der Waals surface area contributed by atoms with Crippen molar-refractivity contribution in [2.75, 3.05) is 12.4 Å². The summed E-state index contributed by atoms with van der Waals surface area (Å²) in [4.78, 5) is 8.30. The van der Waals surface area contributed by atoms with Gasteiger partial charge in [0.05, 0.1) is 30.2 Å². The summed E-state index contributed by atoms with van der Waals surface area (Å²) < 4.78 is 49.5. The van der Waals surface area contributed by atoms with Crippen molar-refractivity contribution in [1.82, 2.24) is 4.98 Å². The van der Waals surface area contributed by atoms with Crippen LogP contribution in [0.3, 0.4) is 0 Å². The number of benzene rings is 2. The van der Waals surface area contributed by atoms with Crippen LogP contribution in [-0.4, -0.2) is 24.4 Å². The van der Waals surface area contributed by atoms with Crippen LogP contribution >= 0.6 is 0 Å². The third-order valence-corrected chi connectivity index (χ3v) is 4.42. The summed E-state index contributed by atoms with van der Waals surface area (Å²) in [6, 6.07) is 15.1. The molecule has 0 atom stereocenters. The molecular weight excluding hydrogens is 431 g/mol. The molecular formula is C25H24F3N3O2. The van der Waals surface area contributed by atoms with Crippen LogP contribution in [0.4, 0.5) is 30.4 Å². The molecule has 0 radical (unpaired) electrons. The zero-order valence-corrected chi connectivity index (χ0v) is 18.4. The summed E-state index contributed by atoms with van der Waals surface area (Å²) in [5, 5.41) is 3.00. The van der Waals surface area contributed by atoms with Gasteiger partial charge in [-0.05, 0) is 56.3 Å². The lowest BCUT2D eigenvalue weighted by molar-refractivity contribution is -0.137. The number of anilines is 2. The van der Waals surface area contributed by atoms with Crippen LogP contribution in [0.15, 0.2) is 71.9 Å². The maximum absolute atomic E-state index is 12.7. The van der Waals surface area contributed by atoms with Gasteiger partial charge in [0.1, 0.15) is 5.82 Å². The molecule has 172 valence electrons. The Bertz CT molecular complexity index is 1120. The highest BCUT2D eigenvalue weighted by Gasteiger charge is 2.30. The van der Waals surface area contributed by atoms with Gasteiger partial charge in [-0.1, -0.05) is 24.3 Å². The summed E-state index contributed by atoms with van der Waals surface area (Å²) >= 11 is 0. The monoisotopic (exact) mass is 455 g/mol. The Labute approximate surface area is 190 Å². The predicted molar refractivity (Wildman–Crippen MR) is 125 cm³/mol. The zero-order chi connectivity index (χ0) is 23.8. The summed E-state index contributed by atoms with van der Waals surface area (Å²) in [7, 11) is 1.59. The smallest absolute Gasteiger partial charge is 0.417 e. The Kier molecular flexibility index (Phi) is 7.71. The number of nitrogens with zero attached hydrogens (tertiary/aromatic N) is 2. The van der Waals surface area contributed by atoms with Crippen LogP contribution in [0, 0.1) is 0 Å². The topological polar surface area (TPSA) is 55.7 Å². The van der Waals surface area contributed by atoms with E-state index < -0.39 is 11.7 Å².